The number of urea groups is 1. The Balaban J connectivity index is 1.46. The quantitative estimate of drug-likeness (QED) is 0.482. The zero-order valence-corrected chi connectivity index (χ0v) is 17.0. The van der Waals surface area contributed by atoms with Crippen LogP contribution in [-0.2, 0) is 6.54 Å². The van der Waals surface area contributed by atoms with Gasteiger partial charge in [0.15, 0.2) is 0 Å². The molecule has 0 atom stereocenters. The fraction of sp³-hybridized carbons (Fsp3) is 0.250. The molecule has 0 aliphatic heterocycles. The van der Waals surface area contributed by atoms with Crippen molar-refractivity contribution in [3.05, 3.63) is 52.5 Å². The van der Waals surface area contributed by atoms with Gasteiger partial charge in [-0.1, -0.05) is 26.0 Å². The first-order valence-corrected chi connectivity index (χ1v) is 10.4. The van der Waals surface area contributed by atoms with E-state index in [2.05, 4.69) is 29.1 Å². The summed E-state index contributed by atoms with van der Waals surface area (Å²) in [6.45, 7) is 4.75. The van der Waals surface area contributed by atoms with Crippen LogP contribution >= 0.6 is 22.7 Å². The minimum Gasteiger partial charge on any atom is -0.321 e. The maximum absolute atomic E-state index is 12.6. The number of hydrogen-bond acceptors (Lipinski definition) is 5. The van der Waals surface area contributed by atoms with Crippen molar-refractivity contribution in [1.29, 1.82) is 0 Å². The van der Waals surface area contributed by atoms with Gasteiger partial charge >= 0.3 is 6.03 Å². The Kier molecular flexibility index (Phi) is 4.80. The maximum atomic E-state index is 12.6. The SMILES string of the molecule is CC(C)c1nc2ccc(NC(=O)N(C)Cc3nc4ccccc4s3)cc2s1. The predicted octanol–water partition coefficient (Wildman–Crippen LogP) is 5.69. The Bertz CT molecular complexity index is 1080. The summed E-state index contributed by atoms with van der Waals surface area (Å²) in [4.78, 5) is 23.4. The molecule has 27 heavy (non-hydrogen) atoms. The third-order valence-corrected chi connectivity index (χ3v) is 6.55. The number of anilines is 1. The first-order valence-electron chi connectivity index (χ1n) is 8.76. The predicted molar refractivity (Wildman–Crippen MR) is 114 cm³/mol. The normalized spacial score (nSPS) is 11.4. The van der Waals surface area contributed by atoms with Crippen molar-refractivity contribution in [1.82, 2.24) is 14.9 Å². The molecule has 0 saturated carbocycles. The Morgan fingerprint density at radius 3 is 2.63 bits per heavy atom. The fourth-order valence-corrected chi connectivity index (χ4v) is 4.78. The van der Waals surface area contributed by atoms with Gasteiger partial charge in [-0.3, -0.25) is 0 Å². The van der Waals surface area contributed by atoms with Crippen LogP contribution in [0, 0.1) is 0 Å². The molecule has 4 aromatic rings. The van der Waals surface area contributed by atoms with Crippen LogP contribution < -0.4 is 5.32 Å². The highest BCUT2D eigenvalue weighted by atomic mass is 32.1. The number of rotatable bonds is 4. The van der Waals surface area contributed by atoms with Gasteiger partial charge in [0.25, 0.3) is 0 Å². The fourth-order valence-electron chi connectivity index (χ4n) is 2.75. The van der Waals surface area contributed by atoms with Crippen molar-refractivity contribution in [2.45, 2.75) is 26.3 Å². The molecule has 0 bridgehead atoms. The zero-order valence-electron chi connectivity index (χ0n) is 15.4. The minimum atomic E-state index is -0.151. The number of thiazole rings is 2. The molecule has 0 spiro atoms. The van der Waals surface area contributed by atoms with Crippen LogP contribution in [0.25, 0.3) is 20.4 Å². The number of carbonyl (C=O) groups is 1. The average Bonchev–Trinajstić information content (AvgIpc) is 3.24. The second-order valence-corrected chi connectivity index (χ2v) is 8.93. The lowest BCUT2D eigenvalue weighted by atomic mass is 10.2. The summed E-state index contributed by atoms with van der Waals surface area (Å²) < 4.78 is 2.23. The molecule has 4 rings (SSSR count). The molecule has 2 aromatic carbocycles. The van der Waals surface area contributed by atoms with E-state index in [0.29, 0.717) is 12.5 Å². The number of carbonyl (C=O) groups excluding carboxylic acids is 1. The highest BCUT2D eigenvalue weighted by Gasteiger charge is 2.14. The molecule has 0 unspecified atom stereocenters. The second kappa shape index (κ2) is 7.25. The van der Waals surface area contributed by atoms with Gasteiger partial charge in [-0.25, -0.2) is 14.8 Å². The molecule has 1 N–H and O–H groups in total. The number of benzene rings is 2. The molecule has 2 aromatic heterocycles. The number of nitrogens with one attached hydrogen (secondary N) is 1. The molecule has 0 aliphatic carbocycles. The summed E-state index contributed by atoms with van der Waals surface area (Å²) in [7, 11) is 1.78. The minimum absolute atomic E-state index is 0.151. The van der Waals surface area contributed by atoms with Gasteiger partial charge in [0.2, 0.25) is 0 Å². The molecular formula is C20H20N4OS2. The molecule has 138 valence electrons. The van der Waals surface area contributed by atoms with E-state index in [0.717, 1.165) is 36.1 Å². The van der Waals surface area contributed by atoms with E-state index < -0.39 is 0 Å². The van der Waals surface area contributed by atoms with Crippen LogP contribution in [0.4, 0.5) is 10.5 Å². The van der Waals surface area contributed by atoms with Crippen molar-refractivity contribution in [2.24, 2.45) is 0 Å². The van der Waals surface area contributed by atoms with E-state index in [4.69, 9.17) is 0 Å². The summed E-state index contributed by atoms with van der Waals surface area (Å²) in [6, 6.07) is 13.7. The van der Waals surface area contributed by atoms with Crippen LogP contribution in [0.15, 0.2) is 42.5 Å². The van der Waals surface area contributed by atoms with Gasteiger partial charge in [-0.15, -0.1) is 22.7 Å². The van der Waals surface area contributed by atoms with Crippen LogP contribution in [0.3, 0.4) is 0 Å². The van der Waals surface area contributed by atoms with E-state index >= 15 is 0 Å². The van der Waals surface area contributed by atoms with Crippen LogP contribution in [0.1, 0.15) is 29.8 Å². The lowest BCUT2D eigenvalue weighted by Crippen LogP contribution is -2.30. The summed E-state index contributed by atoms with van der Waals surface area (Å²) in [5.74, 6) is 0.403. The highest BCUT2D eigenvalue weighted by Crippen LogP contribution is 2.29. The lowest BCUT2D eigenvalue weighted by Gasteiger charge is -2.16. The molecule has 0 fully saturated rings. The van der Waals surface area contributed by atoms with Gasteiger partial charge in [0.1, 0.15) is 5.01 Å². The van der Waals surface area contributed by atoms with Gasteiger partial charge in [0, 0.05) is 18.7 Å². The molecule has 0 saturated heterocycles. The monoisotopic (exact) mass is 396 g/mol. The molecule has 2 heterocycles. The molecule has 2 amide bonds. The number of para-hydroxylation sites is 1. The number of aromatic nitrogens is 2. The number of fused-ring (bicyclic) bond motifs is 2. The van der Waals surface area contributed by atoms with E-state index in [1.807, 2.05) is 42.5 Å². The van der Waals surface area contributed by atoms with E-state index in [1.54, 1.807) is 34.6 Å². The van der Waals surface area contributed by atoms with Gasteiger partial charge in [-0.2, -0.15) is 0 Å². The van der Waals surface area contributed by atoms with Crippen molar-refractivity contribution >= 4 is 54.8 Å². The molecular weight excluding hydrogens is 376 g/mol. The third kappa shape index (κ3) is 3.79. The van der Waals surface area contributed by atoms with E-state index in [1.165, 1.54) is 0 Å². The summed E-state index contributed by atoms with van der Waals surface area (Å²) in [5, 5.41) is 5.01. The van der Waals surface area contributed by atoms with Crippen LogP contribution in [0.2, 0.25) is 0 Å². The largest absolute Gasteiger partial charge is 0.321 e. The first kappa shape index (κ1) is 17.9. The Morgan fingerprint density at radius 2 is 1.85 bits per heavy atom. The highest BCUT2D eigenvalue weighted by molar-refractivity contribution is 7.19. The number of hydrogen-bond donors (Lipinski definition) is 1. The Morgan fingerprint density at radius 1 is 1.07 bits per heavy atom. The third-order valence-electron chi connectivity index (χ3n) is 4.21. The standard InChI is InChI=1S/C20H20N4OS2/c1-12(2)19-23-15-9-8-13(10-17(15)27-19)21-20(25)24(3)11-18-22-14-6-4-5-7-16(14)26-18/h4-10,12H,11H2,1-3H3,(H,21,25). The van der Waals surface area contributed by atoms with E-state index in [9.17, 15) is 4.79 Å². The summed E-state index contributed by atoms with van der Waals surface area (Å²) in [5.41, 5.74) is 2.73. The van der Waals surface area contributed by atoms with Gasteiger partial charge in [0.05, 0.1) is 32.0 Å². The number of amides is 2. The second-order valence-electron chi connectivity index (χ2n) is 6.75. The number of nitrogens with zero attached hydrogens (tertiary/aromatic N) is 3. The Hall–Kier alpha value is -2.51. The molecule has 0 aliphatic rings. The van der Waals surface area contributed by atoms with Crippen molar-refractivity contribution in [3.8, 4) is 0 Å². The summed E-state index contributed by atoms with van der Waals surface area (Å²) >= 11 is 3.29. The smallest absolute Gasteiger partial charge is 0.321 e. The van der Waals surface area contributed by atoms with Crippen molar-refractivity contribution in [3.63, 3.8) is 0 Å². The van der Waals surface area contributed by atoms with Crippen molar-refractivity contribution in [2.75, 3.05) is 12.4 Å². The maximum Gasteiger partial charge on any atom is 0.321 e. The average molecular weight is 397 g/mol. The lowest BCUT2D eigenvalue weighted by molar-refractivity contribution is 0.220. The Labute approximate surface area is 165 Å². The molecule has 0 radical (unpaired) electrons. The zero-order chi connectivity index (χ0) is 19.0. The van der Waals surface area contributed by atoms with Crippen LogP contribution in [0.5, 0.6) is 0 Å². The first-order chi connectivity index (χ1) is 13.0. The van der Waals surface area contributed by atoms with Gasteiger partial charge in [-0.05, 0) is 30.3 Å². The summed E-state index contributed by atoms with van der Waals surface area (Å²) in [6.07, 6.45) is 0. The topological polar surface area (TPSA) is 58.1 Å². The molecule has 7 heteroatoms. The van der Waals surface area contributed by atoms with Crippen LogP contribution in [-0.4, -0.2) is 27.9 Å². The van der Waals surface area contributed by atoms with Crippen molar-refractivity contribution < 1.29 is 4.79 Å². The van der Waals surface area contributed by atoms with E-state index in [-0.39, 0.29) is 6.03 Å². The molecule has 5 nitrogen and oxygen atoms in total. The van der Waals surface area contributed by atoms with Gasteiger partial charge < -0.3 is 10.2 Å².